The van der Waals surface area contributed by atoms with Gasteiger partial charge in [0.1, 0.15) is 0 Å². The molecule has 0 radical (unpaired) electrons. The van der Waals surface area contributed by atoms with Gasteiger partial charge in [0, 0.05) is 12.1 Å². The normalized spacial score (nSPS) is 10.0. The number of carbonyl (C=O) groups is 1. The van der Waals surface area contributed by atoms with Crippen LogP contribution >= 0.6 is 34.8 Å². The molecule has 1 rings (SSSR count). The maximum atomic E-state index is 10.7. The number of amides is 1. The number of benzene rings is 1. The van der Waals surface area contributed by atoms with E-state index in [0.717, 1.165) is 4.90 Å². The highest BCUT2D eigenvalue weighted by molar-refractivity contribution is 6.42. The molecule has 0 fully saturated rings. The predicted octanol–water partition coefficient (Wildman–Crippen LogP) is 3.76. The summed E-state index contributed by atoms with van der Waals surface area (Å²) in [5.41, 5.74) is 0.227. The highest BCUT2D eigenvalue weighted by atomic mass is 35.5. The molecular weight excluding hydrogens is 248 g/mol. The predicted molar refractivity (Wildman–Crippen MR) is 57.9 cm³/mol. The highest BCUT2D eigenvalue weighted by Crippen LogP contribution is 2.35. The molecule has 0 saturated heterocycles. The molecule has 0 heterocycles. The van der Waals surface area contributed by atoms with Crippen LogP contribution in [0.5, 0.6) is 0 Å². The molecule has 0 atom stereocenters. The van der Waals surface area contributed by atoms with E-state index < -0.39 is 6.09 Å². The van der Waals surface area contributed by atoms with Gasteiger partial charge < -0.3 is 5.11 Å². The Kier molecular flexibility index (Phi) is 3.48. The van der Waals surface area contributed by atoms with Gasteiger partial charge in [0.25, 0.3) is 0 Å². The Morgan fingerprint density at radius 2 is 1.71 bits per heavy atom. The van der Waals surface area contributed by atoms with Crippen molar-refractivity contribution in [3.63, 3.8) is 0 Å². The Labute approximate surface area is 95.8 Å². The fourth-order valence-corrected chi connectivity index (χ4v) is 2.02. The van der Waals surface area contributed by atoms with Crippen molar-refractivity contribution < 1.29 is 9.90 Å². The maximum absolute atomic E-state index is 10.7. The van der Waals surface area contributed by atoms with Gasteiger partial charge in [-0.3, -0.25) is 4.90 Å². The van der Waals surface area contributed by atoms with E-state index in [1.807, 2.05) is 0 Å². The molecule has 76 valence electrons. The minimum atomic E-state index is -1.14. The van der Waals surface area contributed by atoms with Crippen molar-refractivity contribution >= 4 is 46.6 Å². The lowest BCUT2D eigenvalue weighted by Crippen LogP contribution is -2.24. The molecule has 0 bridgehead atoms. The van der Waals surface area contributed by atoms with Gasteiger partial charge in [-0.2, -0.15) is 0 Å². The molecule has 0 aliphatic rings. The van der Waals surface area contributed by atoms with Crippen molar-refractivity contribution in [2.75, 3.05) is 11.9 Å². The van der Waals surface area contributed by atoms with Crippen LogP contribution in [0.3, 0.4) is 0 Å². The van der Waals surface area contributed by atoms with Crippen LogP contribution in [0.2, 0.25) is 15.1 Å². The maximum Gasteiger partial charge on any atom is 0.411 e. The Hall–Kier alpha value is -0.640. The number of anilines is 1. The fraction of sp³-hybridized carbons (Fsp3) is 0.125. The molecule has 1 amide bonds. The SMILES string of the molecule is CN(C(=O)O)c1c(Cl)cc(Cl)cc1Cl. The summed E-state index contributed by atoms with van der Waals surface area (Å²) in [5, 5.41) is 9.50. The topological polar surface area (TPSA) is 40.5 Å². The molecule has 0 spiro atoms. The van der Waals surface area contributed by atoms with Crippen molar-refractivity contribution in [2.45, 2.75) is 0 Å². The highest BCUT2D eigenvalue weighted by Gasteiger charge is 2.16. The van der Waals surface area contributed by atoms with Crippen LogP contribution in [-0.4, -0.2) is 18.2 Å². The lowest BCUT2D eigenvalue weighted by Gasteiger charge is -2.16. The summed E-state index contributed by atoms with van der Waals surface area (Å²) in [7, 11) is 1.35. The average molecular weight is 254 g/mol. The van der Waals surface area contributed by atoms with Gasteiger partial charge in [0.05, 0.1) is 15.7 Å². The van der Waals surface area contributed by atoms with Gasteiger partial charge in [0.2, 0.25) is 0 Å². The second kappa shape index (κ2) is 4.26. The number of halogens is 3. The van der Waals surface area contributed by atoms with Crippen LogP contribution in [-0.2, 0) is 0 Å². The summed E-state index contributed by atoms with van der Waals surface area (Å²) in [4.78, 5) is 11.6. The van der Waals surface area contributed by atoms with Crippen LogP contribution in [0.25, 0.3) is 0 Å². The molecule has 0 aliphatic heterocycles. The smallest absolute Gasteiger partial charge is 0.411 e. The minimum absolute atomic E-state index is 0.201. The van der Waals surface area contributed by atoms with Gasteiger partial charge in [-0.25, -0.2) is 4.79 Å². The van der Waals surface area contributed by atoms with E-state index in [1.54, 1.807) is 0 Å². The lowest BCUT2D eigenvalue weighted by atomic mass is 10.3. The zero-order valence-corrected chi connectivity index (χ0v) is 9.36. The lowest BCUT2D eigenvalue weighted by molar-refractivity contribution is 0.203. The third-order valence-electron chi connectivity index (χ3n) is 1.60. The van der Waals surface area contributed by atoms with E-state index in [9.17, 15) is 4.79 Å². The van der Waals surface area contributed by atoms with Crippen LogP contribution in [0.4, 0.5) is 10.5 Å². The molecule has 14 heavy (non-hydrogen) atoms. The van der Waals surface area contributed by atoms with Gasteiger partial charge in [-0.15, -0.1) is 0 Å². The quantitative estimate of drug-likeness (QED) is 0.829. The molecular formula is C8H6Cl3NO2. The van der Waals surface area contributed by atoms with E-state index in [2.05, 4.69) is 0 Å². The monoisotopic (exact) mass is 253 g/mol. The van der Waals surface area contributed by atoms with Crippen molar-refractivity contribution in [1.82, 2.24) is 0 Å². The Balaban J connectivity index is 3.27. The van der Waals surface area contributed by atoms with E-state index in [4.69, 9.17) is 39.9 Å². The molecule has 6 heteroatoms. The molecule has 0 saturated carbocycles. The number of hydrogen-bond acceptors (Lipinski definition) is 1. The summed E-state index contributed by atoms with van der Waals surface area (Å²) in [6.07, 6.45) is -1.14. The number of carboxylic acid groups (broad SMARTS) is 1. The first kappa shape index (κ1) is 11.4. The second-order valence-electron chi connectivity index (χ2n) is 2.56. The molecule has 0 aliphatic carbocycles. The molecule has 0 aromatic heterocycles. The van der Waals surface area contributed by atoms with E-state index >= 15 is 0 Å². The van der Waals surface area contributed by atoms with Crippen LogP contribution in [0, 0.1) is 0 Å². The molecule has 3 nitrogen and oxygen atoms in total. The van der Waals surface area contributed by atoms with E-state index in [1.165, 1.54) is 19.2 Å². The molecule has 1 N–H and O–H groups in total. The Morgan fingerprint density at radius 1 is 1.29 bits per heavy atom. The van der Waals surface area contributed by atoms with Crippen LogP contribution < -0.4 is 4.90 Å². The fourth-order valence-electron chi connectivity index (χ4n) is 0.951. The average Bonchev–Trinajstić information content (AvgIpc) is 2.01. The first-order valence-corrected chi connectivity index (χ1v) is 4.68. The van der Waals surface area contributed by atoms with E-state index in [0.29, 0.717) is 5.02 Å². The number of rotatable bonds is 1. The van der Waals surface area contributed by atoms with Crippen molar-refractivity contribution in [3.05, 3.63) is 27.2 Å². The summed E-state index contributed by atoms with van der Waals surface area (Å²) < 4.78 is 0. The van der Waals surface area contributed by atoms with Gasteiger partial charge in [-0.05, 0) is 12.1 Å². The van der Waals surface area contributed by atoms with Gasteiger partial charge >= 0.3 is 6.09 Å². The zero-order chi connectivity index (χ0) is 10.9. The number of nitrogens with zero attached hydrogens (tertiary/aromatic N) is 1. The summed E-state index contributed by atoms with van der Waals surface area (Å²) in [6, 6.07) is 2.87. The summed E-state index contributed by atoms with van der Waals surface area (Å²) >= 11 is 17.3. The Morgan fingerprint density at radius 3 is 2.07 bits per heavy atom. The first-order chi connectivity index (χ1) is 6.43. The molecule has 0 unspecified atom stereocenters. The third kappa shape index (κ3) is 2.23. The molecule has 1 aromatic carbocycles. The summed E-state index contributed by atoms with van der Waals surface area (Å²) in [6.45, 7) is 0. The minimum Gasteiger partial charge on any atom is -0.465 e. The van der Waals surface area contributed by atoms with Crippen molar-refractivity contribution in [2.24, 2.45) is 0 Å². The van der Waals surface area contributed by atoms with E-state index in [-0.39, 0.29) is 15.7 Å². The second-order valence-corrected chi connectivity index (χ2v) is 3.81. The molecule has 1 aromatic rings. The van der Waals surface area contributed by atoms with Crippen LogP contribution in [0.15, 0.2) is 12.1 Å². The third-order valence-corrected chi connectivity index (χ3v) is 2.40. The first-order valence-electron chi connectivity index (χ1n) is 3.54. The zero-order valence-electron chi connectivity index (χ0n) is 7.09. The summed E-state index contributed by atoms with van der Waals surface area (Å²) in [5.74, 6) is 0. The number of hydrogen-bond donors (Lipinski definition) is 1. The van der Waals surface area contributed by atoms with Gasteiger partial charge in [0.15, 0.2) is 0 Å². The van der Waals surface area contributed by atoms with Crippen molar-refractivity contribution in [3.8, 4) is 0 Å². The standard InChI is InChI=1S/C8H6Cl3NO2/c1-12(8(13)14)7-5(10)2-4(9)3-6(7)11/h2-3H,1H3,(H,13,14). The largest absolute Gasteiger partial charge is 0.465 e. The van der Waals surface area contributed by atoms with Gasteiger partial charge in [-0.1, -0.05) is 34.8 Å². The Bertz CT molecular complexity index is 358. The van der Waals surface area contributed by atoms with Crippen LogP contribution in [0.1, 0.15) is 0 Å². The van der Waals surface area contributed by atoms with Crippen molar-refractivity contribution in [1.29, 1.82) is 0 Å².